The van der Waals surface area contributed by atoms with E-state index in [1.165, 1.54) is 0 Å². The maximum absolute atomic E-state index is 12.4. The summed E-state index contributed by atoms with van der Waals surface area (Å²) in [5.74, 6) is -2.91. The molecule has 1 aliphatic carbocycles. The molecular weight excluding hydrogens is 297 g/mol. The summed E-state index contributed by atoms with van der Waals surface area (Å²) in [5, 5.41) is 11.3. The molecule has 1 unspecified atom stereocenters. The number of carbonyl (C=O) groups is 2. The average Bonchev–Trinajstić information content (AvgIpc) is 2.37. The van der Waals surface area contributed by atoms with Crippen LogP contribution in [0.4, 0.5) is 18.9 Å². The molecule has 1 aliphatic rings. The number of ketones is 1. The number of carbonyl (C=O) groups excluding carboxylic acids is 2. The molecule has 0 saturated heterocycles. The van der Waals surface area contributed by atoms with E-state index >= 15 is 0 Å². The van der Waals surface area contributed by atoms with E-state index in [1.54, 1.807) is 6.07 Å². The second-order valence-electron chi connectivity index (χ2n) is 5.16. The van der Waals surface area contributed by atoms with Crippen molar-refractivity contribution in [2.45, 2.75) is 25.4 Å². The minimum Gasteiger partial charge on any atom is -0.325 e. The minimum absolute atomic E-state index is 0.111. The molecule has 0 heterocycles. The number of Topliss-reactive ketones (excluding diaryl/α,β-unsaturated/α-hetero) is 1. The molecule has 0 aliphatic heterocycles. The second kappa shape index (κ2) is 6.18. The van der Waals surface area contributed by atoms with Gasteiger partial charge in [0.1, 0.15) is 0 Å². The van der Waals surface area contributed by atoms with Gasteiger partial charge in [-0.3, -0.25) is 9.59 Å². The third kappa shape index (κ3) is 3.45. The molecule has 1 aromatic carbocycles. The Labute approximate surface area is 124 Å². The molecule has 1 N–H and O–H groups in total. The van der Waals surface area contributed by atoms with Gasteiger partial charge in [0.05, 0.1) is 11.6 Å². The van der Waals surface area contributed by atoms with Crippen LogP contribution in [0.3, 0.4) is 0 Å². The summed E-state index contributed by atoms with van der Waals surface area (Å²) >= 11 is 0. The number of anilines is 1. The van der Waals surface area contributed by atoms with E-state index in [2.05, 4.69) is 5.32 Å². The topological polar surface area (TPSA) is 70.0 Å². The number of nitrogens with one attached hydrogen (secondary N) is 1. The van der Waals surface area contributed by atoms with Gasteiger partial charge in [-0.25, -0.2) is 0 Å². The van der Waals surface area contributed by atoms with Crippen LogP contribution >= 0.6 is 0 Å². The summed E-state index contributed by atoms with van der Waals surface area (Å²) in [4.78, 5) is 23.9. The van der Waals surface area contributed by atoms with E-state index in [4.69, 9.17) is 5.26 Å². The molecule has 0 radical (unpaired) electrons. The Morgan fingerprint density at radius 3 is 2.23 bits per heavy atom. The lowest BCUT2D eigenvalue weighted by molar-refractivity contribution is -0.137. The Balaban J connectivity index is 2.04. The third-order valence-corrected chi connectivity index (χ3v) is 3.66. The molecule has 2 rings (SSSR count). The Morgan fingerprint density at radius 2 is 1.82 bits per heavy atom. The van der Waals surface area contributed by atoms with Gasteiger partial charge >= 0.3 is 6.18 Å². The van der Waals surface area contributed by atoms with Crippen LogP contribution in [0.2, 0.25) is 0 Å². The van der Waals surface area contributed by atoms with Gasteiger partial charge in [0.2, 0.25) is 5.91 Å². The summed E-state index contributed by atoms with van der Waals surface area (Å²) in [5.41, 5.74) is -0.729. The van der Waals surface area contributed by atoms with Gasteiger partial charge in [-0.1, -0.05) is 6.42 Å². The van der Waals surface area contributed by atoms with Crippen LogP contribution in [0.5, 0.6) is 0 Å². The molecule has 0 spiro atoms. The molecule has 22 heavy (non-hydrogen) atoms. The summed E-state index contributed by atoms with van der Waals surface area (Å²) in [6, 6.07) is 5.49. The third-order valence-electron chi connectivity index (χ3n) is 3.66. The number of nitriles is 1. The predicted molar refractivity (Wildman–Crippen MR) is 71.5 cm³/mol. The maximum atomic E-state index is 12.4. The number of halogens is 3. The van der Waals surface area contributed by atoms with Crippen LogP contribution in [0.25, 0.3) is 0 Å². The number of hydrogen-bond donors (Lipinski definition) is 1. The molecule has 1 fully saturated rings. The zero-order chi connectivity index (χ0) is 16.3. The second-order valence-corrected chi connectivity index (χ2v) is 5.16. The van der Waals surface area contributed by atoms with Crippen LogP contribution in [0, 0.1) is 23.2 Å². The van der Waals surface area contributed by atoms with E-state index in [9.17, 15) is 22.8 Å². The number of rotatable bonds is 4. The fraction of sp³-hybridized carbons (Fsp3) is 0.400. The average molecular weight is 310 g/mol. The smallest absolute Gasteiger partial charge is 0.325 e. The first-order chi connectivity index (χ1) is 10.3. The highest BCUT2D eigenvalue weighted by molar-refractivity contribution is 6.10. The number of benzene rings is 1. The summed E-state index contributed by atoms with van der Waals surface area (Å²) in [7, 11) is 0. The van der Waals surface area contributed by atoms with Crippen LogP contribution < -0.4 is 5.32 Å². The van der Waals surface area contributed by atoms with E-state index in [0.717, 1.165) is 30.7 Å². The van der Waals surface area contributed by atoms with Crippen LogP contribution in [-0.4, -0.2) is 11.7 Å². The SMILES string of the molecule is N#CC(C(=O)Nc1ccc(C(F)(F)F)cc1)C(=O)C1CCC1. The van der Waals surface area contributed by atoms with Gasteiger partial charge < -0.3 is 5.32 Å². The zero-order valence-corrected chi connectivity index (χ0v) is 11.5. The molecule has 1 amide bonds. The van der Waals surface area contributed by atoms with Gasteiger partial charge in [0.15, 0.2) is 11.7 Å². The molecule has 4 nitrogen and oxygen atoms in total. The number of hydrogen-bond acceptors (Lipinski definition) is 3. The van der Waals surface area contributed by atoms with Crippen molar-refractivity contribution >= 4 is 17.4 Å². The molecular formula is C15H13F3N2O2. The lowest BCUT2D eigenvalue weighted by atomic mass is 9.78. The highest BCUT2D eigenvalue weighted by Gasteiger charge is 2.35. The van der Waals surface area contributed by atoms with E-state index in [-0.39, 0.29) is 11.6 Å². The van der Waals surface area contributed by atoms with Crippen LogP contribution in [0.15, 0.2) is 24.3 Å². The van der Waals surface area contributed by atoms with Gasteiger partial charge in [-0.15, -0.1) is 0 Å². The summed E-state index contributed by atoms with van der Waals surface area (Å²) in [6.45, 7) is 0. The fourth-order valence-electron chi connectivity index (χ4n) is 2.14. The predicted octanol–water partition coefficient (Wildman–Crippen LogP) is 3.15. The zero-order valence-electron chi connectivity index (χ0n) is 11.5. The highest BCUT2D eigenvalue weighted by Crippen LogP contribution is 2.31. The quantitative estimate of drug-likeness (QED) is 0.868. The molecule has 1 aromatic rings. The Bertz CT molecular complexity index is 613. The van der Waals surface area contributed by atoms with E-state index in [0.29, 0.717) is 12.8 Å². The Hall–Kier alpha value is -2.36. The minimum atomic E-state index is -4.46. The number of alkyl halides is 3. The molecule has 7 heteroatoms. The van der Waals surface area contributed by atoms with E-state index in [1.807, 2.05) is 0 Å². The fourth-order valence-corrected chi connectivity index (χ4v) is 2.14. The Kier molecular flexibility index (Phi) is 4.50. The summed E-state index contributed by atoms with van der Waals surface area (Å²) < 4.78 is 37.3. The van der Waals surface area contributed by atoms with Gasteiger partial charge in [-0.05, 0) is 37.1 Å². The first-order valence-electron chi connectivity index (χ1n) is 6.74. The normalized spacial score (nSPS) is 16.3. The monoisotopic (exact) mass is 310 g/mol. The van der Waals surface area contributed by atoms with Crippen molar-refractivity contribution in [3.63, 3.8) is 0 Å². The van der Waals surface area contributed by atoms with Crippen molar-refractivity contribution in [1.82, 2.24) is 0 Å². The van der Waals surface area contributed by atoms with Crippen molar-refractivity contribution in [1.29, 1.82) is 5.26 Å². The number of nitrogens with zero attached hydrogens (tertiary/aromatic N) is 1. The van der Waals surface area contributed by atoms with Crippen LogP contribution in [0.1, 0.15) is 24.8 Å². The van der Waals surface area contributed by atoms with Crippen molar-refractivity contribution < 1.29 is 22.8 Å². The molecule has 116 valence electrons. The molecule has 0 aromatic heterocycles. The largest absolute Gasteiger partial charge is 0.416 e. The van der Waals surface area contributed by atoms with Crippen molar-refractivity contribution in [2.75, 3.05) is 5.32 Å². The first-order valence-corrected chi connectivity index (χ1v) is 6.74. The lowest BCUT2D eigenvalue weighted by Crippen LogP contribution is -2.35. The molecule has 0 bridgehead atoms. The van der Waals surface area contributed by atoms with Crippen molar-refractivity contribution in [3.05, 3.63) is 29.8 Å². The highest BCUT2D eigenvalue weighted by atomic mass is 19.4. The molecule has 1 saturated carbocycles. The van der Waals surface area contributed by atoms with Crippen molar-refractivity contribution in [3.8, 4) is 6.07 Å². The maximum Gasteiger partial charge on any atom is 0.416 e. The number of amides is 1. The van der Waals surface area contributed by atoms with Gasteiger partial charge in [-0.2, -0.15) is 18.4 Å². The van der Waals surface area contributed by atoms with Crippen molar-refractivity contribution in [2.24, 2.45) is 11.8 Å². The molecule has 1 atom stereocenters. The summed E-state index contributed by atoms with van der Waals surface area (Å²) in [6.07, 6.45) is -2.22. The lowest BCUT2D eigenvalue weighted by Gasteiger charge is -2.25. The van der Waals surface area contributed by atoms with E-state index < -0.39 is 29.3 Å². The first kappa shape index (κ1) is 16.0. The van der Waals surface area contributed by atoms with Crippen LogP contribution in [-0.2, 0) is 15.8 Å². The Morgan fingerprint density at radius 1 is 1.23 bits per heavy atom. The van der Waals surface area contributed by atoms with Gasteiger partial charge in [0, 0.05) is 11.6 Å². The standard InChI is InChI=1S/C15H13F3N2O2/c16-15(17,18)10-4-6-11(7-5-10)20-14(22)12(8-19)13(21)9-2-1-3-9/h4-7,9,12H,1-3H2,(H,20,22). The van der Waals surface area contributed by atoms with Gasteiger partial charge in [0.25, 0.3) is 0 Å².